The molecule has 33 heavy (non-hydrogen) atoms. The molecule has 174 valence electrons. The standard InChI is InChI=1S/C24H28N4O3S2/c1-14(2)10-11-28-15(3)20(23-26-22(27-31-23)19-7-6-12-33-19)21(25-24(28)32)16-8-9-17(29-4)18(13-16)30-5/h6-9,12-14,21H,10-11H2,1-5H3,(H,25,32). The number of rotatable bonds is 8. The van der Waals surface area contributed by atoms with Gasteiger partial charge >= 0.3 is 0 Å². The van der Waals surface area contributed by atoms with Crippen LogP contribution in [0.5, 0.6) is 11.5 Å². The van der Waals surface area contributed by atoms with Crippen LogP contribution in [0.15, 0.2) is 45.9 Å². The number of benzene rings is 1. The van der Waals surface area contributed by atoms with Crippen molar-refractivity contribution in [3.05, 3.63) is 52.9 Å². The lowest BCUT2D eigenvalue weighted by atomic mass is 9.94. The van der Waals surface area contributed by atoms with Crippen molar-refractivity contribution in [2.45, 2.75) is 33.2 Å². The maximum absolute atomic E-state index is 5.78. The second-order valence-corrected chi connectivity index (χ2v) is 9.56. The van der Waals surface area contributed by atoms with Crippen molar-refractivity contribution in [2.24, 2.45) is 5.92 Å². The van der Waals surface area contributed by atoms with Gasteiger partial charge in [0.2, 0.25) is 5.82 Å². The minimum atomic E-state index is -0.274. The average molecular weight is 485 g/mol. The molecule has 0 amide bonds. The Balaban J connectivity index is 1.81. The first-order valence-corrected chi connectivity index (χ1v) is 12.1. The molecule has 1 aliphatic rings. The maximum atomic E-state index is 5.78. The van der Waals surface area contributed by atoms with Gasteiger partial charge in [0, 0.05) is 12.2 Å². The highest BCUT2D eigenvalue weighted by atomic mass is 32.1. The molecule has 1 aliphatic heterocycles. The molecule has 0 fully saturated rings. The third-order valence-electron chi connectivity index (χ3n) is 5.67. The zero-order valence-corrected chi connectivity index (χ0v) is 21.0. The van der Waals surface area contributed by atoms with Crippen LogP contribution in [0.25, 0.3) is 16.3 Å². The summed E-state index contributed by atoms with van der Waals surface area (Å²) in [6.07, 6.45) is 1.01. The quantitative estimate of drug-likeness (QED) is 0.419. The fraction of sp³-hybridized carbons (Fsp3) is 0.375. The van der Waals surface area contributed by atoms with Gasteiger partial charge in [-0.05, 0) is 60.6 Å². The van der Waals surface area contributed by atoms with E-state index in [1.54, 1.807) is 25.6 Å². The van der Waals surface area contributed by atoms with Gasteiger partial charge in [-0.3, -0.25) is 0 Å². The van der Waals surface area contributed by atoms with Crippen LogP contribution in [-0.2, 0) is 0 Å². The normalized spacial score (nSPS) is 16.4. The van der Waals surface area contributed by atoms with Crippen LogP contribution in [0.4, 0.5) is 0 Å². The Bertz CT molecular complexity index is 1150. The summed E-state index contributed by atoms with van der Waals surface area (Å²) in [7, 11) is 3.25. The fourth-order valence-electron chi connectivity index (χ4n) is 3.84. The highest BCUT2D eigenvalue weighted by Crippen LogP contribution is 2.40. The lowest BCUT2D eigenvalue weighted by Crippen LogP contribution is -2.46. The Morgan fingerprint density at radius 3 is 2.67 bits per heavy atom. The van der Waals surface area contributed by atoms with Crippen molar-refractivity contribution in [1.29, 1.82) is 0 Å². The summed E-state index contributed by atoms with van der Waals surface area (Å²) in [6.45, 7) is 7.28. The second kappa shape index (κ2) is 9.93. The number of aromatic nitrogens is 2. The molecule has 9 heteroatoms. The molecule has 3 heterocycles. The van der Waals surface area contributed by atoms with Crippen LogP contribution >= 0.6 is 23.6 Å². The van der Waals surface area contributed by atoms with Gasteiger partial charge < -0.3 is 24.2 Å². The van der Waals surface area contributed by atoms with Gasteiger partial charge in [0.1, 0.15) is 0 Å². The van der Waals surface area contributed by atoms with Crippen LogP contribution in [0.2, 0.25) is 0 Å². The lowest BCUT2D eigenvalue weighted by Gasteiger charge is -2.37. The number of methoxy groups -OCH3 is 2. The number of thiocarbonyl (C=S) groups is 1. The number of nitrogens with one attached hydrogen (secondary N) is 1. The molecule has 0 radical (unpaired) electrons. The first-order valence-electron chi connectivity index (χ1n) is 10.8. The predicted octanol–water partition coefficient (Wildman–Crippen LogP) is 5.52. The van der Waals surface area contributed by atoms with E-state index in [4.69, 9.17) is 31.2 Å². The van der Waals surface area contributed by atoms with E-state index in [1.165, 1.54) is 0 Å². The number of nitrogens with zero attached hydrogens (tertiary/aromatic N) is 3. The molecule has 0 saturated carbocycles. The van der Waals surface area contributed by atoms with Gasteiger partial charge in [-0.2, -0.15) is 4.98 Å². The molecule has 0 spiro atoms. The molecule has 1 atom stereocenters. The largest absolute Gasteiger partial charge is 0.493 e. The number of hydrogen-bond donors (Lipinski definition) is 1. The van der Waals surface area contributed by atoms with Crippen molar-refractivity contribution in [3.8, 4) is 22.2 Å². The Morgan fingerprint density at radius 1 is 1.21 bits per heavy atom. The highest BCUT2D eigenvalue weighted by molar-refractivity contribution is 7.80. The minimum absolute atomic E-state index is 0.274. The summed E-state index contributed by atoms with van der Waals surface area (Å²) < 4.78 is 16.7. The number of thiophene rings is 1. The zero-order valence-electron chi connectivity index (χ0n) is 19.4. The highest BCUT2D eigenvalue weighted by Gasteiger charge is 2.34. The van der Waals surface area contributed by atoms with Crippen LogP contribution in [0.1, 0.15) is 44.7 Å². The van der Waals surface area contributed by atoms with Gasteiger partial charge in [0.15, 0.2) is 16.6 Å². The predicted molar refractivity (Wildman–Crippen MR) is 134 cm³/mol. The van der Waals surface area contributed by atoms with Crippen molar-refractivity contribution in [3.63, 3.8) is 0 Å². The molecular weight excluding hydrogens is 456 g/mol. The van der Waals surface area contributed by atoms with Crippen molar-refractivity contribution in [1.82, 2.24) is 20.4 Å². The smallest absolute Gasteiger partial charge is 0.258 e. The summed E-state index contributed by atoms with van der Waals surface area (Å²) >= 11 is 7.35. The molecule has 3 aromatic rings. The molecule has 0 saturated heterocycles. The molecule has 7 nitrogen and oxygen atoms in total. The molecule has 0 bridgehead atoms. The Hall–Kier alpha value is -2.91. The SMILES string of the molecule is COc1ccc(C2NC(=S)N(CCC(C)C)C(C)=C2c2nc(-c3cccs3)no2)cc1OC. The molecule has 2 aromatic heterocycles. The van der Waals surface area contributed by atoms with Crippen LogP contribution in [0.3, 0.4) is 0 Å². The summed E-state index contributed by atoms with van der Waals surface area (Å²) in [5.41, 5.74) is 2.86. The van der Waals surface area contributed by atoms with E-state index >= 15 is 0 Å². The summed E-state index contributed by atoms with van der Waals surface area (Å²) in [4.78, 5) is 7.82. The average Bonchev–Trinajstić information content (AvgIpc) is 3.50. The zero-order chi connectivity index (χ0) is 23.5. The number of hydrogen-bond acceptors (Lipinski definition) is 7. The van der Waals surface area contributed by atoms with E-state index in [1.807, 2.05) is 35.7 Å². The Kier molecular flexibility index (Phi) is 6.99. The molecule has 1 N–H and O–H groups in total. The lowest BCUT2D eigenvalue weighted by molar-refractivity contribution is 0.354. The van der Waals surface area contributed by atoms with Gasteiger partial charge in [-0.15, -0.1) is 11.3 Å². The van der Waals surface area contributed by atoms with E-state index in [0.717, 1.165) is 34.7 Å². The van der Waals surface area contributed by atoms with E-state index in [2.05, 4.69) is 36.1 Å². The maximum Gasteiger partial charge on any atom is 0.258 e. The summed E-state index contributed by atoms with van der Waals surface area (Å²) in [6, 6.07) is 9.52. The molecule has 0 aliphatic carbocycles. The molecule has 1 unspecified atom stereocenters. The Morgan fingerprint density at radius 2 is 2.00 bits per heavy atom. The van der Waals surface area contributed by atoms with Crippen molar-refractivity contribution >= 4 is 34.2 Å². The third kappa shape index (κ3) is 4.74. The first kappa shape index (κ1) is 23.3. The molecular formula is C24H28N4O3S2. The molecule has 4 rings (SSSR count). The second-order valence-electron chi connectivity index (χ2n) is 8.23. The van der Waals surface area contributed by atoms with Gasteiger partial charge in [-0.25, -0.2) is 0 Å². The van der Waals surface area contributed by atoms with Crippen LogP contribution < -0.4 is 14.8 Å². The van der Waals surface area contributed by atoms with E-state index < -0.39 is 0 Å². The van der Waals surface area contributed by atoms with Crippen molar-refractivity contribution < 1.29 is 14.0 Å². The monoisotopic (exact) mass is 484 g/mol. The van der Waals surface area contributed by atoms with Crippen LogP contribution in [0, 0.1) is 5.92 Å². The van der Waals surface area contributed by atoms with E-state index in [0.29, 0.717) is 34.2 Å². The number of ether oxygens (including phenoxy) is 2. The van der Waals surface area contributed by atoms with E-state index in [-0.39, 0.29) is 6.04 Å². The summed E-state index contributed by atoms with van der Waals surface area (Å²) in [5.74, 6) is 2.92. The molecule has 1 aromatic carbocycles. The third-order valence-corrected chi connectivity index (χ3v) is 6.87. The van der Waals surface area contributed by atoms with Crippen LogP contribution in [-0.4, -0.2) is 40.9 Å². The van der Waals surface area contributed by atoms with E-state index in [9.17, 15) is 0 Å². The fourth-order valence-corrected chi connectivity index (χ4v) is 4.83. The van der Waals surface area contributed by atoms with Crippen molar-refractivity contribution in [2.75, 3.05) is 20.8 Å². The number of allylic oxidation sites excluding steroid dienone is 1. The van der Waals surface area contributed by atoms with Gasteiger partial charge in [0.25, 0.3) is 5.89 Å². The van der Waals surface area contributed by atoms with Gasteiger partial charge in [0.05, 0.1) is 30.7 Å². The Labute approximate surface area is 203 Å². The minimum Gasteiger partial charge on any atom is -0.493 e. The topological polar surface area (TPSA) is 72.7 Å². The summed E-state index contributed by atoms with van der Waals surface area (Å²) in [5, 5.41) is 10.4. The first-order chi connectivity index (χ1) is 15.9. The van der Waals surface area contributed by atoms with Gasteiger partial charge in [-0.1, -0.05) is 31.1 Å².